The fourth-order valence-electron chi connectivity index (χ4n) is 4.86. The number of pyridine rings is 1. The third kappa shape index (κ3) is 3.80. The van der Waals surface area contributed by atoms with Crippen molar-refractivity contribution in [2.75, 3.05) is 26.2 Å². The molecule has 3 aromatic rings. The summed E-state index contributed by atoms with van der Waals surface area (Å²) >= 11 is 1.77. The van der Waals surface area contributed by atoms with Crippen LogP contribution in [-0.4, -0.2) is 68.3 Å². The van der Waals surface area contributed by atoms with E-state index in [0.717, 1.165) is 44.3 Å². The minimum atomic E-state index is -0.296. The van der Waals surface area contributed by atoms with E-state index in [4.69, 9.17) is 0 Å². The van der Waals surface area contributed by atoms with Crippen molar-refractivity contribution in [1.82, 2.24) is 25.0 Å². The molecule has 5 rings (SSSR count). The Morgan fingerprint density at radius 2 is 2.17 bits per heavy atom. The number of piperidine rings is 2. The number of H-pyrrole nitrogens is 1. The number of amides is 1. The lowest BCUT2D eigenvalue weighted by molar-refractivity contribution is -0.0401. The maximum Gasteiger partial charge on any atom is 0.272 e. The number of aromatic nitrogens is 3. The van der Waals surface area contributed by atoms with E-state index in [0.29, 0.717) is 24.4 Å². The summed E-state index contributed by atoms with van der Waals surface area (Å²) in [6.07, 6.45) is 4.08. The molecule has 152 valence electrons. The fraction of sp³-hybridized carbons (Fsp3) is 0.476. The van der Waals surface area contributed by atoms with Crippen LogP contribution in [0.2, 0.25) is 0 Å². The summed E-state index contributed by atoms with van der Waals surface area (Å²) in [6, 6.07) is 7.89. The van der Waals surface area contributed by atoms with Crippen molar-refractivity contribution >= 4 is 28.3 Å². The second-order valence-corrected chi connectivity index (χ2v) is 9.44. The van der Waals surface area contributed by atoms with Gasteiger partial charge in [-0.3, -0.25) is 14.8 Å². The van der Waals surface area contributed by atoms with Gasteiger partial charge in [0.15, 0.2) is 5.65 Å². The molecule has 0 aromatic carbocycles. The van der Waals surface area contributed by atoms with Crippen molar-refractivity contribution < 1.29 is 9.90 Å². The van der Waals surface area contributed by atoms with E-state index in [9.17, 15) is 9.90 Å². The first kappa shape index (κ1) is 18.7. The number of carbonyl (C=O) groups excluding carboxylic acids is 1. The Labute approximate surface area is 173 Å². The van der Waals surface area contributed by atoms with Crippen LogP contribution in [-0.2, 0) is 6.54 Å². The third-order valence-electron chi connectivity index (χ3n) is 6.29. The topological polar surface area (TPSA) is 85.3 Å². The smallest absolute Gasteiger partial charge is 0.272 e. The Hall–Kier alpha value is -2.29. The van der Waals surface area contributed by atoms with Crippen molar-refractivity contribution in [1.29, 1.82) is 0 Å². The van der Waals surface area contributed by atoms with E-state index < -0.39 is 0 Å². The number of fused-ring (bicyclic) bond motifs is 1. The van der Waals surface area contributed by atoms with Crippen molar-refractivity contribution in [2.45, 2.75) is 31.9 Å². The number of carbonyl (C=O) groups is 1. The SMILES string of the molecule is O=C(c1ccc2cn[nH]c2n1)N1CCC2(CC1)CC(O)CN(Cc1cccs1)C2. The minimum Gasteiger partial charge on any atom is -0.392 e. The van der Waals surface area contributed by atoms with Gasteiger partial charge in [-0.2, -0.15) is 5.10 Å². The predicted octanol–water partition coefficient (Wildman–Crippen LogP) is 2.51. The lowest BCUT2D eigenvalue weighted by Gasteiger charge is -2.49. The Balaban J connectivity index is 1.25. The number of hydrogen-bond donors (Lipinski definition) is 2. The molecule has 2 aliphatic heterocycles. The number of rotatable bonds is 3. The van der Waals surface area contributed by atoms with Crippen molar-refractivity contribution in [2.24, 2.45) is 5.41 Å². The van der Waals surface area contributed by atoms with Crippen LogP contribution in [0.25, 0.3) is 11.0 Å². The molecular formula is C21H25N5O2S. The van der Waals surface area contributed by atoms with Crippen LogP contribution in [0.4, 0.5) is 0 Å². The van der Waals surface area contributed by atoms with E-state index in [1.165, 1.54) is 4.88 Å². The predicted molar refractivity (Wildman–Crippen MR) is 112 cm³/mol. The van der Waals surface area contributed by atoms with Crippen LogP contribution in [0.3, 0.4) is 0 Å². The normalized spacial score (nSPS) is 22.4. The Bertz CT molecular complexity index is 994. The summed E-state index contributed by atoms with van der Waals surface area (Å²) in [5.74, 6) is -0.0249. The first-order chi connectivity index (χ1) is 14.1. The highest BCUT2D eigenvalue weighted by Crippen LogP contribution is 2.40. The van der Waals surface area contributed by atoms with Gasteiger partial charge in [-0.1, -0.05) is 6.07 Å². The highest BCUT2D eigenvalue weighted by molar-refractivity contribution is 7.09. The zero-order valence-corrected chi connectivity index (χ0v) is 17.1. The van der Waals surface area contributed by atoms with Gasteiger partial charge in [0.05, 0.1) is 12.3 Å². The van der Waals surface area contributed by atoms with E-state index in [-0.39, 0.29) is 17.4 Å². The van der Waals surface area contributed by atoms with Gasteiger partial charge in [0, 0.05) is 43.0 Å². The molecule has 8 heteroatoms. The van der Waals surface area contributed by atoms with Crippen molar-refractivity contribution in [3.05, 3.63) is 46.4 Å². The van der Waals surface area contributed by atoms with E-state index in [1.54, 1.807) is 23.6 Å². The number of nitrogens with zero attached hydrogens (tertiary/aromatic N) is 4. The van der Waals surface area contributed by atoms with Crippen LogP contribution in [0.1, 0.15) is 34.6 Å². The Morgan fingerprint density at radius 3 is 2.97 bits per heavy atom. The molecule has 29 heavy (non-hydrogen) atoms. The maximum absolute atomic E-state index is 12.9. The highest BCUT2D eigenvalue weighted by Gasteiger charge is 2.42. The molecule has 0 bridgehead atoms. The van der Waals surface area contributed by atoms with Gasteiger partial charge < -0.3 is 10.0 Å². The molecule has 0 radical (unpaired) electrons. The molecule has 2 saturated heterocycles. The molecule has 2 N–H and O–H groups in total. The number of aliphatic hydroxyl groups is 1. The number of thiophene rings is 1. The van der Waals surface area contributed by atoms with Crippen molar-refractivity contribution in [3.63, 3.8) is 0 Å². The standard InChI is InChI=1S/C21H25N5O2S/c27-16-10-21(14-25(12-16)13-17-2-1-9-29-17)5-7-26(8-6-21)20(28)18-4-3-15-11-22-24-19(15)23-18/h1-4,9,11,16,27H,5-8,10,12-14H2,(H,22,23,24). The second-order valence-electron chi connectivity index (χ2n) is 8.40. The zero-order chi connectivity index (χ0) is 19.8. The van der Waals surface area contributed by atoms with Gasteiger partial charge in [-0.15, -0.1) is 11.3 Å². The van der Waals surface area contributed by atoms with Crippen molar-refractivity contribution in [3.8, 4) is 0 Å². The average Bonchev–Trinajstić information content (AvgIpc) is 3.38. The summed E-state index contributed by atoms with van der Waals surface area (Å²) in [5, 5.41) is 20.3. The molecule has 3 aromatic heterocycles. The van der Waals surface area contributed by atoms with Gasteiger partial charge in [0.1, 0.15) is 5.69 Å². The average molecular weight is 412 g/mol. The summed E-state index contributed by atoms with van der Waals surface area (Å²) in [5.41, 5.74) is 1.19. The summed E-state index contributed by atoms with van der Waals surface area (Å²) in [7, 11) is 0. The number of aromatic amines is 1. The molecule has 2 fully saturated rings. The molecular weight excluding hydrogens is 386 g/mol. The van der Waals surface area contributed by atoms with Gasteiger partial charge >= 0.3 is 0 Å². The molecule has 5 heterocycles. The van der Waals surface area contributed by atoms with E-state index >= 15 is 0 Å². The van der Waals surface area contributed by atoms with Crippen LogP contribution < -0.4 is 0 Å². The Morgan fingerprint density at radius 1 is 1.31 bits per heavy atom. The van der Waals surface area contributed by atoms with Crippen LogP contribution in [0, 0.1) is 5.41 Å². The highest BCUT2D eigenvalue weighted by atomic mass is 32.1. The molecule has 0 saturated carbocycles. The van der Waals surface area contributed by atoms with Gasteiger partial charge in [0.2, 0.25) is 0 Å². The number of hydrogen-bond acceptors (Lipinski definition) is 6. The third-order valence-corrected chi connectivity index (χ3v) is 7.15. The maximum atomic E-state index is 12.9. The fourth-order valence-corrected chi connectivity index (χ4v) is 5.61. The van der Waals surface area contributed by atoms with Crippen LogP contribution in [0.5, 0.6) is 0 Å². The van der Waals surface area contributed by atoms with E-state index in [1.807, 2.05) is 11.0 Å². The summed E-state index contributed by atoms with van der Waals surface area (Å²) in [6.45, 7) is 4.04. The van der Waals surface area contributed by atoms with Crippen LogP contribution in [0.15, 0.2) is 35.8 Å². The van der Waals surface area contributed by atoms with E-state index in [2.05, 4.69) is 37.6 Å². The minimum absolute atomic E-state index is 0.0249. The molecule has 1 spiro atoms. The number of β-amino-alcohol motifs (C(OH)–C–C–N with tert-alkyl or cyclic N) is 1. The molecule has 0 aliphatic carbocycles. The summed E-state index contributed by atoms with van der Waals surface area (Å²) < 4.78 is 0. The quantitative estimate of drug-likeness (QED) is 0.692. The molecule has 1 amide bonds. The molecule has 7 nitrogen and oxygen atoms in total. The first-order valence-electron chi connectivity index (χ1n) is 10.1. The second kappa shape index (κ2) is 7.51. The first-order valence-corrected chi connectivity index (χ1v) is 11.0. The molecule has 2 aliphatic rings. The number of aliphatic hydroxyl groups excluding tert-OH is 1. The van der Waals surface area contributed by atoms with Gasteiger partial charge in [-0.25, -0.2) is 4.98 Å². The Kier molecular flexibility index (Phi) is 4.85. The monoisotopic (exact) mass is 411 g/mol. The lowest BCUT2D eigenvalue weighted by Crippen LogP contribution is -2.54. The number of likely N-dealkylation sites (tertiary alicyclic amines) is 2. The number of nitrogens with one attached hydrogen (secondary N) is 1. The van der Waals surface area contributed by atoms with Gasteiger partial charge in [-0.05, 0) is 48.3 Å². The largest absolute Gasteiger partial charge is 0.392 e. The lowest BCUT2D eigenvalue weighted by atomic mass is 9.71. The molecule has 1 atom stereocenters. The molecule has 1 unspecified atom stereocenters. The summed E-state index contributed by atoms with van der Waals surface area (Å²) in [4.78, 5) is 23.0. The van der Waals surface area contributed by atoms with Crippen LogP contribution >= 0.6 is 11.3 Å². The zero-order valence-electron chi connectivity index (χ0n) is 16.3. The van der Waals surface area contributed by atoms with Gasteiger partial charge in [0.25, 0.3) is 5.91 Å².